The molecule has 1 aromatic heterocycles. The predicted octanol–water partition coefficient (Wildman–Crippen LogP) is 4.53. The molecular weight excluding hydrogens is 294 g/mol. The van der Waals surface area contributed by atoms with E-state index in [2.05, 4.69) is 17.2 Å². The summed E-state index contributed by atoms with van der Waals surface area (Å²) in [5.41, 5.74) is 3.85. The van der Waals surface area contributed by atoms with Crippen molar-refractivity contribution in [3.8, 4) is 11.5 Å². The van der Waals surface area contributed by atoms with Crippen LogP contribution < -0.4 is 5.32 Å². The highest BCUT2D eigenvalue weighted by Crippen LogP contribution is 2.33. The number of non-ortho nitro benzene ring substituents is 1. The topological polar surface area (TPSA) is 81.2 Å². The van der Waals surface area contributed by atoms with Gasteiger partial charge < -0.3 is 9.73 Å². The summed E-state index contributed by atoms with van der Waals surface area (Å²) >= 11 is 0. The van der Waals surface area contributed by atoms with E-state index in [1.54, 1.807) is 6.07 Å². The lowest BCUT2D eigenvalue weighted by Gasteiger charge is -2.08. The lowest BCUT2D eigenvalue weighted by Crippen LogP contribution is -2.02. The fourth-order valence-electron chi connectivity index (χ4n) is 2.44. The molecule has 0 saturated carbocycles. The van der Waals surface area contributed by atoms with E-state index in [9.17, 15) is 10.1 Å². The van der Waals surface area contributed by atoms with Crippen molar-refractivity contribution >= 4 is 22.5 Å². The van der Waals surface area contributed by atoms with Crippen molar-refractivity contribution in [3.05, 3.63) is 52.1 Å². The number of hydrogen-bond acceptors (Lipinski definition) is 5. The monoisotopic (exact) mass is 311 g/mol. The van der Waals surface area contributed by atoms with E-state index < -0.39 is 4.92 Å². The molecule has 0 saturated heterocycles. The van der Waals surface area contributed by atoms with Gasteiger partial charge in [0.05, 0.1) is 10.5 Å². The third-order valence-corrected chi connectivity index (χ3v) is 3.63. The SMILES string of the molecule is CCCNc1ccc([N+](=O)[O-])cc1-c1nc2c(C)cccc2o1. The van der Waals surface area contributed by atoms with Crippen LogP contribution in [0.5, 0.6) is 0 Å². The van der Waals surface area contributed by atoms with E-state index in [4.69, 9.17) is 4.42 Å². The van der Waals surface area contributed by atoms with Crippen LogP contribution in [0.2, 0.25) is 0 Å². The van der Waals surface area contributed by atoms with Crippen LogP contribution in [0.4, 0.5) is 11.4 Å². The van der Waals surface area contributed by atoms with Gasteiger partial charge >= 0.3 is 0 Å². The van der Waals surface area contributed by atoms with Gasteiger partial charge in [-0.25, -0.2) is 4.98 Å². The highest BCUT2D eigenvalue weighted by Gasteiger charge is 2.17. The third kappa shape index (κ3) is 2.88. The molecule has 3 aromatic rings. The summed E-state index contributed by atoms with van der Waals surface area (Å²) in [6.45, 7) is 4.78. The van der Waals surface area contributed by atoms with E-state index in [0.29, 0.717) is 17.0 Å². The number of aromatic nitrogens is 1. The summed E-state index contributed by atoms with van der Waals surface area (Å²) in [5.74, 6) is 0.386. The molecule has 1 heterocycles. The number of oxazole rings is 1. The van der Waals surface area contributed by atoms with E-state index in [1.807, 2.05) is 25.1 Å². The second-order valence-electron chi connectivity index (χ2n) is 5.35. The highest BCUT2D eigenvalue weighted by molar-refractivity contribution is 5.83. The molecule has 0 bridgehead atoms. The van der Waals surface area contributed by atoms with E-state index >= 15 is 0 Å². The van der Waals surface area contributed by atoms with Crippen LogP contribution in [0.3, 0.4) is 0 Å². The third-order valence-electron chi connectivity index (χ3n) is 3.63. The van der Waals surface area contributed by atoms with Gasteiger partial charge in [-0.2, -0.15) is 0 Å². The van der Waals surface area contributed by atoms with Crippen molar-refractivity contribution in [3.63, 3.8) is 0 Å². The van der Waals surface area contributed by atoms with Crippen molar-refractivity contribution < 1.29 is 9.34 Å². The van der Waals surface area contributed by atoms with Crippen LogP contribution in [0.15, 0.2) is 40.8 Å². The summed E-state index contributed by atoms with van der Waals surface area (Å²) in [4.78, 5) is 15.2. The Morgan fingerprint density at radius 2 is 2.13 bits per heavy atom. The van der Waals surface area contributed by atoms with Crippen LogP contribution in [0, 0.1) is 17.0 Å². The van der Waals surface area contributed by atoms with Gasteiger partial charge in [-0.1, -0.05) is 19.1 Å². The van der Waals surface area contributed by atoms with E-state index in [-0.39, 0.29) is 5.69 Å². The molecule has 0 atom stereocenters. The summed E-state index contributed by atoms with van der Waals surface area (Å²) in [6.07, 6.45) is 0.948. The van der Waals surface area contributed by atoms with Gasteiger partial charge in [-0.15, -0.1) is 0 Å². The van der Waals surface area contributed by atoms with Crippen molar-refractivity contribution in [2.45, 2.75) is 20.3 Å². The molecule has 0 aliphatic rings. The summed E-state index contributed by atoms with van der Waals surface area (Å²) in [7, 11) is 0. The summed E-state index contributed by atoms with van der Waals surface area (Å²) in [5, 5.41) is 14.3. The normalized spacial score (nSPS) is 10.9. The van der Waals surface area contributed by atoms with E-state index in [1.165, 1.54) is 12.1 Å². The molecule has 6 nitrogen and oxygen atoms in total. The number of aryl methyl sites for hydroxylation is 1. The van der Waals surface area contributed by atoms with Gasteiger partial charge in [0.25, 0.3) is 5.69 Å². The first-order valence-corrected chi connectivity index (χ1v) is 7.49. The van der Waals surface area contributed by atoms with Crippen LogP contribution in [-0.2, 0) is 0 Å². The Morgan fingerprint density at radius 3 is 2.83 bits per heavy atom. The Bertz CT molecular complexity index is 871. The zero-order valence-corrected chi connectivity index (χ0v) is 13.0. The number of nitrogens with zero attached hydrogens (tertiary/aromatic N) is 2. The van der Waals surface area contributed by atoms with Crippen molar-refractivity contribution in [1.29, 1.82) is 0 Å². The fraction of sp³-hybridized carbons (Fsp3) is 0.235. The van der Waals surface area contributed by atoms with Crippen molar-refractivity contribution in [1.82, 2.24) is 4.98 Å². The average Bonchev–Trinajstić information content (AvgIpc) is 2.98. The number of benzene rings is 2. The molecule has 3 rings (SSSR count). The van der Waals surface area contributed by atoms with Crippen LogP contribution in [0.1, 0.15) is 18.9 Å². The first kappa shape index (κ1) is 15.0. The molecule has 0 aliphatic carbocycles. The maximum absolute atomic E-state index is 11.1. The number of nitro benzene ring substituents is 1. The number of rotatable bonds is 5. The average molecular weight is 311 g/mol. The van der Waals surface area contributed by atoms with Crippen LogP contribution >= 0.6 is 0 Å². The quantitative estimate of drug-likeness (QED) is 0.553. The van der Waals surface area contributed by atoms with Gasteiger partial charge in [0.2, 0.25) is 5.89 Å². The second-order valence-corrected chi connectivity index (χ2v) is 5.35. The molecule has 23 heavy (non-hydrogen) atoms. The molecular formula is C17H17N3O3. The lowest BCUT2D eigenvalue weighted by atomic mass is 10.1. The standard InChI is InChI=1S/C17H17N3O3/c1-3-9-18-14-8-7-12(20(21)22)10-13(14)17-19-16-11(2)5-4-6-15(16)23-17/h4-8,10,18H,3,9H2,1-2H3. The maximum atomic E-state index is 11.1. The van der Waals surface area contributed by atoms with Gasteiger partial charge in [-0.3, -0.25) is 10.1 Å². The molecule has 118 valence electrons. The molecule has 0 aliphatic heterocycles. The number of fused-ring (bicyclic) bond motifs is 1. The molecule has 1 N–H and O–H groups in total. The Balaban J connectivity index is 2.15. The van der Waals surface area contributed by atoms with Gasteiger partial charge in [0.1, 0.15) is 5.52 Å². The molecule has 0 radical (unpaired) electrons. The molecule has 0 fully saturated rings. The Labute approximate surface area is 133 Å². The summed E-state index contributed by atoms with van der Waals surface area (Å²) < 4.78 is 5.82. The maximum Gasteiger partial charge on any atom is 0.270 e. The zero-order chi connectivity index (χ0) is 16.4. The Morgan fingerprint density at radius 1 is 1.30 bits per heavy atom. The Kier molecular flexibility index (Phi) is 3.97. The highest BCUT2D eigenvalue weighted by atomic mass is 16.6. The number of hydrogen-bond donors (Lipinski definition) is 1. The van der Waals surface area contributed by atoms with Crippen LogP contribution in [0.25, 0.3) is 22.6 Å². The first-order chi connectivity index (χ1) is 11.1. The smallest absolute Gasteiger partial charge is 0.270 e. The molecule has 2 aromatic carbocycles. The lowest BCUT2D eigenvalue weighted by molar-refractivity contribution is -0.384. The van der Waals surface area contributed by atoms with Crippen molar-refractivity contribution in [2.24, 2.45) is 0 Å². The molecule has 6 heteroatoms. The summed E-state index contributed by atoms with van der Waals surface area (Å²) in [6, 6.07) is 10.4. The largest absolute Gasteiger partial charge is 0.436 e. The predicted molar refractivity (Wildman–Crippen MR) is 89.6 cm³/mol. The zero-order valence-electron chi connectivity index (χ0n) is 13.0. The molecule has 0 unspecified atom stereocenters. The second kappa shape index (κ2) is 6.08. The number of para-hydroxylation sites is 1. The minimum Gasteiger partial charge on any atom is -0.436 e. The van der Waals surface area contributed by atoms with Gasteiger partial charge in [0.15, 0.2) is 5.58 Å². The number of anilines is 1. The number of nitro groups is 1. The van der Waals surface area contributed by atoms with E-state index in [0.717, 1.165) is 29.7 Å². The number of nitrogens with one attached hydrogen (secondary N) is 1. The van der Waals surface area contributed by atoms with Crippen molar-refractivity contribution in [2.75, 3.05) is 11.9 Å². The minimum atomic E-state index is -0.416. The molecule has 0 spiro atoms. The minimum absolute atomic E-state index is 0.0148. The Hall–Kier alpha value is -2.89. The fourth-order valence-corrected chi connectivity index (χ4v) is 2.44. The first-order valence-electron chi connectivity index (χ1n) is 7.49. The van der Waals surface area contributed by atoms with Gasteiger partial charge in [-0.05, 0) is 31.0 Å². The molecule has 0 amide bonds. The van der Waals surface area contributed by atoms with Gasteiger partial charge in [0, 0.05) is 24.4 Å². The van der Waals surface area contributed by atoms with Crippen LogP contribution in [-0.4, -0.2) is 16.5 Å².